The van der Waals surface area contributed by atoms with Crippen molar-refractivity contribution in [3.05, 3.63) is 29.8 Å². The molecule has 1 aliphatic rings. The lowest BCUT2D eigenvalue weighted by atomic mass is 9.93. The van der Waals surface area contributed by atoms with Gasteiger partial charge in [0.15, 0.2) is 0 Å². The predicted octanol–water partition coefficient (Wildman–Crippen LogP) is 2.96. The van der Waals surface area contributed by atoms with Gasteiger partial charge in [0, 0.05) is 25.7 Å². The Morgan fingerprint density at radius 2 is 2.21 bits per heavy atom. The second kappa shape index (κ2) is 8.18. The minimum Gasteiger partial charge on any atom is -0.493 e. The Morgan fingerprint density at radius 3 is 3.11 bits per heavy atom. The van der Waals surface area contributed by atoms with Crippen molar-refractivity contribution < 1.29 is 9.47 Å². The quantitative estimate of drug-likeness (QED) is 0.731. The molecule has 1 atom stereocenters. The summed E-state index contributed by atoms with van der Waals surface area (Å²) in [6.07, 6.45) is 3.30. The molecule has 0 saturated heterocycles. The molecule has 1 aliphatic heterocycles. The van der Waals surface area contributed by atoms with Crippen molar-refractivity contribution in [1.82, 2.24) is 5.32 Å². The molecule has 0 radical (unpaired) electrons. The number of fused-ring (bicyclic) bond motifs is 1. The lowest BCUT2D eigenvalue weighted by Crippen LogP contribution is -2.27. The Balaban J connectivity index is 1.67. The van der Waals surface area contributed by atoms with Gasteiger partial charge in [-0.25, -0.2) is 0 Å². The van der Waals surface area contributed by atoms with Crippen LogP contribution in [0.3, 0.4) is 0 Å². The molecule has 1 N–H and O–H groups in total. The highest BCUT2D eigenvalue weighted by Crippen LogP contribution is 2.32. The van der Waals surface area contributed by atoms with Crippen LogP contribution in [0.15, 0.2) is 24.3 Å². The second-order valence-electron chi connectivity index (χ2n) is 5.04. The summed E-state index contributed by atoms with van der Waals surface area (Å²) in [5.41, 5.74) is 1.35. The van der Waals surface area contributed by atoms with Crippen molar-refractivity contribution in [3.63, 3.8) is 0 Å². The van der Waals surface area contributed by atoms with Crippen LogP contribution in [0.25, 0.3) is 0 Å². The first kappa shape index (κ1) is 14.4. The number of para-hydroxylation sites is 1. The van der Waals surface area contributed by atoms with Gasteiger partial charge < -0.3 is 14.8 Å². The highest BCUT2D eigenvalue weighted by Gasteiger charge is 2.20. The van der Waals surface area contributed by atoms with Crippen LogP contribution in [0.1, 0.15) is 37.7 Å². The molecule has 0 spiro atoms. The molecule has 0 aliphatic carbocycles. The number of hydrogen-bond donors (Lipinski definition) is 1. The van der Waals surface area contributed by atoms with E-state index in [2.05, 4.69) is 30.4 Å². The molecule has 106 valence electrons. The molecule has 1 aromatic carbocycles. The van der Waals surface area contributed by atoms with E-state index in [1.165, 1.54) is 5.56 Å². The lowest BCUT2D eigenvalue weighted by Gasteiger charge is -2.26. The molecule has 0 amide bonds. The fourth-order valence-electron chi connectivity index (χ4n) is 2.45. The SMILES string of the molecule is CCCOCCCNCC1CCOc2ccccc21. The fourth-order valence-corrected chi connectivity index (χ4v) is 2.45. The van der Waals surface area contributed by atoms with Crippen molar-refractivity contribution in [1.29, 1.82) is 0 Å². The molecule has 3 heteroatoms. The molecule has 1 aromatic rings. The van der Waals surface area contributed by atoms with Gasteiger partial charge in [0.25, 0.3) is 0 Å². The Labute approximate surface area is 116 Å². The topological polar surface area (TPSA) is 30.5 Å². The minimum absolute atomic E-state index is 0.585. The smallest absolute Gasteiger partial charge is 0.122 e. The third kappa shape index (κ3) is 4.51. The molecule has 1 unspecified atom stereocenters. The zero-order valence-electron chi connectivity index (χ0n) is 11.9. The van der Waals surface area contributed by atoms with Gasteiger partial charge in [-0.2, -0.15) is 0 Å². The molecule has 2 rings (SSSR count). The second-order valence-corrected chi connectivity index (χ2v) is 5.04. The van der Waals surface area contributed by atoms with Crippen LogP contribution < -0.4 is 10.1 Å². The van der Waals surface area contributed by atoms with E-state index >= 15 is 0 Å². The third-order valence-electron chi connectivity index (χ3n) is 3.46. The maximum Gasteiger partial charge on any atom is 0.122 e. The normalized spacial score (nSPS) is 17.8. The highest BCUT2D eigenvalue weighted by atomic mass is 16.5. The Kier molecular flexibility index (Phi) is 6.18. The predicted molar refractivity (Wildman–Crippen MR) is 77.9 cm³/mol. The zero-order valence-corrected chi connectivity index (χ0v) is 11.9. The largest absolute Gasteiger partial charge is 0.493 e. The molecule has 3 nitrogen and oxygen atoms in total. The Bertz CT molecular complexity index is 368. The van der Waals surface area contributed by atoms with Gasteiger partial charge in [0.1, 0.15) is 5.75 Å². The third-order valence-corrected chi connectivity index (χ3v) is 3.46. The van der Waals surface area contributed by atoms with Gasteiger partial charge in [-0.05, 0) is 37.4 Å². The molecule has 0 fully saturated rings. The number of hydrogen-bond acceptors (Lipinski definition) is 3. The number of nitrogens with one attached hydrogen (secondary N) is 1. The van der Waals surface area contributed by atoms with E-state index in [0.717, 1.165) is 57.9 Å². The van der Waals surface area contributed by atoms with Crippen LogP contribution >= 0.6 is 0 Å². The highest BCUT2D eigenvalue weighted by molar-refractivity contribution is 5.37. The van der Waals surface area contributed by atoms with Gasteiger partial charge in [0.2, 0.25) is 0 Å². The first-order valence-electron chi connectivity index (χ1n) is 7.42. The fraction of sp³-hybridized carbons (Fsp3) is 0.625. The van der Waals surface area contributed by atoms with Gasteiger partial charge in [-0.1, -0.05) is 25.1 Å². The van der Waals surface area contributed by atoms with Crippen molar-refractivity contribution in [2.45, 2.75) is 32.1 Å². The first-order valence-corrected chi connectivity index (χ1v) is 7.42. The summed E-state index contributed by atoms with van der Waals surface area (Å²) in [6, 6.07) is 8.39. The van der Waals surface area contributed by atoms with E-state index in [1.807, 2.05) is 6.07 Å². The molecule has 0 aromatic heterocycles. The summed E-state index contributed by atoms with van der Waals surface area (Å²) >= 11 is 0. The van der Waals surface area contributed by atoms with Crippen LogP contribution in [0.5, 0.6) is 5.75 Å². The minimum atomic E-state index is 0.585. The molecule has 19 heavy (non-hydrogen) atoms. The average Bonchev–Trinajstić information content (AvgIpc) is 2.46. The van der Waals surface area contributed by atoms with Crippen LogP contribution in [0.2, 0.25) is 0 Å². The summed E-state index contributed by atoms with van der Waals surface area (Å²) in [6.45, 7) is 6.79. The van der Waals surface area contributed by atoms with E-state index in [0.29, 0.717) is 5.92 Å². The summed E-state index contributed by atoms with van der Waals surface area (Å²) in [5.74, 6) is 1.65. The summed E-state index contributed by atoms with van der Waals surface area (Å²) in [7, 11) is 0. The van der Waals surface area contributed by atoms with Crippen molar-refractivity contribution >= 4 is 0 Å². The van der Waals surface area contributed by atoms with Crippen molar-refractivity contribution in [3.8, 4) is 5.75 Å². The number of rotatable bonds is 8. The van der Waals surface area contributed by atoms with E-state index in [1.54, 1.807) is 0 Å². The Morgan fingerprint density at radius 1 is 1.32 bits per heavy atom. The molecule has 0 saturated carbocycles. The monoisotopic (exact) mass is 263 g/mol. The molecular weight excluding hydrogens is 238 g/mol. The Hall–Kier alpha value is -1.06. The van der Waals surface area contributed by atoms with Crippen LogP contribution in [0, 0.1) is 0 Å². The zero-order chi connectivity index (χ0) is 13.3. The van der Waals surface area contributed by atoms with E-state index in [-0.39, 0.29) is 0 Å². The van der Waals surface area contributed by atoms with E-state index < -0.39 is 0 Å². The van der Waals surface area contributed by atoms with Crippen molar-refractivity contribution in [2.75, 3.05) is 32.9 Å². The number of benzene rings is 1. The van der Waals surface area contributed by atoms with Crippen molar-refractivity contribution in [2.24, 2.45) is 0 Å². The molecular formula is C16H25NO2. The summed E-state index contributed by atoms with van der Waals surface area (Å²) in [5, 5.41) is 3.54. The van der Waals surface area contributed by atoms with Crippen LogP contribution in [0.4, 0.5) is 0 Å². The summed E-state index contributed by atoms with van der Waals surface area (Å²) in [4.78, 5) is 0. The maximum atomic E-state index is 5.68. The lowest BCUT2D eigenvalue weighted by molar-refractivity contribution is 0.132. The van der Waals surface area contributed by atoms with Crippen LogP contribution in [-0.2, 0) is 4.74 Å². The first-order chi connectivity index (χ1) is 9.42. The molecule has 1 heterocycles. The molecule has 0 bridgehead atoms. The van der Waals surface area contributed by atoms with Gasteiger partial charge >= 0.3 is 0 Å². The van der Waals surface area contributed by atoms with Gasteiger partial charge in [-0.15, -0.1) is 0 Å². The van der Waals surface area contributed by atoms with E-state index in [4.69, 9.17) is 9.47 Å². The standard InChI is InChI=1S/C16H25NO2/c1-2-10-18-11-5-9-17-13-14-8-12-19-16-7-4-3-6-15(14)16/h3-4,6-7,14,17H,2,5,8-13H2,1H3. The maximum absolute atomic E-state index is 5.68. The number of ether oxygens (including phenoxy) is 2. The van der Waals surface area contributed by atoms with Crippen LogP contribution in [-0.4, -0.2) is 32.9 Å². The van der Waals surface area contributed by atoms with Gasteiger partial charge in [-0.3, -0.25) is 0 Å². The van der Waals surface area contributed by atoms with Gasteiger partial charge in [0.05, 0.1) is 6.61 Å². The van der Waals surface area contributed by atoms with E-state index in [9.17, 15) is 0 Å². The average molecular weight is 263 g/mol. The summed E-state index contributed by atoms with van der Waals surface area (Å²) < 4.78 is 11.1.